The molecule has 0 saturated heterocycles. The van der Waals surface area contributed by atoms with Crippen molar-refractivity contribution >= 4 is 22.9 Å². The van der Waals surface area contributed by atoms with Gasteiger partial charge in [0.05, 0.1) is 0 Å². The van der Waals surface area contributed by atoms with E-state index in [0.717, 1.165) is 23.2 Å². The second-order valence-electron chi connectivity index (χ2n) is 5.23. The Morgan fingerprint density at radius 3 is 2.76 bits per heavy atom. The van der Waals surface area contributed by atoms with E-state index in [0.29, 0.717) is 6.04 Å². The van der Waals surface area contributed by atoms with Crippen LogP contribution < -0.4 is 10.6 Å². The van der Waals surface area contributed by atoms with E-state index in [1.807, 2.05) is 19.1 Å². The number of oxime groups is 1. The maximum Gasteiger partial charge on any atom is 0.170 e. The van der Waals surface area contributed by atoms with Crippen LogP contribution in [0.3, 0.4) is 0 Å². The number of benzene rings is 1. The van der Waals surface area contributed by atoms with Crippen molar-refractivity contribution in [3.05, 3.63) is 51.7 Å². The molecule has 0 saturated carbocycles. The van der Waals surface area contributed by atoms with Gasteiger partial charge in [0.25, 0.3) is 0 Å². The normalized spacial score (nSPS) is 13.2. The smallest absolute Gasteiger partial charge is 0.170 e. The Labute approximate surface area is 129 Å². The van der Waals surface area contributed by atoms with E-state index >= 15 is 0 Å². The van der Waals surface area contributed by atoms with Crippen molar-refractivity contribution in [2.75, 3.05) is 11.9 Å². The molecule has 0 bridgehead atoms. The molecule has 3 N–H and O–H groups in total. The molecule has 1 heterocycles. The standard InChI is InChI=1S/C16H21N3OS/c1-11-9-13(6-7-15(11)16(17)18-20)19(3)12(2)10-14-5-4-8-21-14/h4-9,12,20H,10H2,1-3H3,(H2,17,18). The molecule has 1 unspecified atom stereocenters. The van der Waals surface area contributed by atoms with Gasteiger partial charge in [0.2, 0.25) is 0 Å². The molecule has 0 amide bonds. The van der Waals surface area contributed by atoms with E-state index in [-0.39, 0.29) is 5.84 Å². The molecule has 0 aliphatic carbocycles. The summed E-state index contributed by atoms with van der Waals surface area (Å²) in [5.74, 6) is 0.147. The van der Waals surface area contributed by atoms with Gasteiger partial charge in [-0.3, -0.25) is 0 Å². The van der Waals surface area contributed by atoms with E-state index in [1.54, 1.807) is 11.3 Å². The number of amidine groups is 1. The van der Waals surface area contributed by atoms with Crippen LogP contribution in [-0.2, 0) is 6.42 Å². The van der Waals surface area contributed by atoms with Crippen LogP contribution >= 0.6 is 11.3 Å². The summed E-state index contributed by atoms with van der Waals surface area (Å²) in [6, 6.07) is 10.6. The number of hydrogen-bond acceptors (Lipinski definition) is 4. The summed E-state index contributed by atoms with van der Waals surface area (Å²) in [5, 5.41) is 13.9. The molecule has 1 aromatic carbocycles. The molecule has 112 valence electrons. The molecule has 0 aliphatic rings. The lowest BCUT2D eigenvalue weighted by molar-refractivity contribution is 0.318. The van der Waals surface area contributed by atoms with Crippen molar-refractivity contribution in [1.82, 2.24) is 0 Å². The molecule has 0 radical (unpaired) electrons. The lowest BCUT2D eigenvalue weighted by Gasteiger charge is -2.27. The van der Waals surface area contributed by atoms with Gasteiger partial charge in [-0.15, -0.1) is 11.3 Å². The Kier molecular flexibility index (Phi) is 4.85. The van der Waals surface area contributed by atoms with E-state index in [2.05, 4.69) is 47.6 Å². The quantitative estimate of drug-likeness (QED) is 0.386. The zero-order valence-corrected chi connectivity index (χ0v) is 13.4. The molecule has 2 rings (SSSR count). The minimum Gasteiger partial charge on any atom is -0.409 e. The monoisotopic (exact) mass is 303 g/mol. The number of likely N-dealkylation sites (N-methyl/N-ethyl adjacent to an activating group) is 1. The van der Waals surface area contributed by atoms with Crippen LogP contribution in [0.4, 0.5) is 5.69 Å². The van der Waals surface area contributed by atoms with Crippen molar-refractivity contribution in [2.24, 2.45) is 10.9 Å². The number of hydrogen-bond donors (Lipinski definition) is 2. The highest BCUT2D eigenvalue weighted by atomic mass is 32.1. The second-order valence-corrected chi connectivity index (χ2v) is 6.26. The lowest BCUT2D eigenvalue weighted by atomic mass is 10.1. The highest BCUT2D eigenvalue weighted by Gasteiger charge is 2.13. The third-order valence-electron chi connectivity index (χ3n) is 3.74. The van der Waals surface area contributed by atoms with E-state index < -0.39 is 0 Å². The molecule has 0 fully saturated rings. The summed E-state index contributed by atoms with van der Waals surface area (Å²) >= 11 is 1.79. The number of rotatable bonds is 5. The van der Waals surface area contributed by atoms with Gasteiger partial charge < -0.3 is 15.8 Å². The fourth-order valence-electron chi connectivity index (χ4n) is 2.32. The van der Waals surface area contributed by atoms with Crippen LogP contribution in [-0.4, -0.2) is 24.1 Å². The highest BCUT2D eigenvalue weighted by molar-refractivity contribution is 7.09. The third kappa shape index (κ3) is 3.55. The molecule has 1 aromatic heterocycles. The summed E-state index contributed by atoms with van der Waals surface area (Å²) in [6.45, 7) is 4.18. The Bertz CT molecular complexity index is 622. The first-order valence-corrected chi connectivity index (χ1v) is 7.74. The van der Waals surface area contributed by atoms with Gasteiger partial charge in [0.1, 0.15) is 0 Å². The van der Waals surface area contributed by atoms with Gasteiger partial charge >= 0.3 is 0 Å². The van der Waals surface area contributed by atoms with Gasteiger partial charge in [-0.25, -0.2) is 0 Å². The SMILES string of the molecule is Cc1cc(N(C)C(C)Cc2cccs2)ccc1/C(N)=N/O. The average Bonchev–Trinajstić information content (AvgIpc) is 2.98. The first-order valence-electron chi connectivity index (χ1n) is 6.86. The summed E-state index contributed by atoms with van der Waals surface area (Å²) < 4.78 is 0. The lowest BCUT2D eigenvalue weighted by Crippen LogP contribution is -2.30. The fourth-order valence-corrected chi connectivity index (χ4v) is 3.15. The summed E-state index contributed by atoms with van der Waals surface area (Å²) in [5.41, 5.74) is 8.55. The first-order chi connectivity index (χ1) is 10.0. The summed E-state index contributed by atoms with van der Waals surface area (Å²) in [6.07, 6.45) is 1.02. The first kappa shape index (κ1) is 15.4. The molecule has 4 nitrogen and oxygen atoms in total. The zero-order chi connectivity index (χ0) is 15.4. The van der Waals surface area contributed by atoms with Crippen molar-refractivity contribution in [3.8, 4) is 0 Å². The van der Waals surface area contributed by atoms with Crippen LogP contribution in [0.15, 0.2) is 40.9 Å². The van der Waals surface area contributed by atoms with Crippen LogP contribution in [0.25, 0.3) is 0 Å². The molecular formula is C16H21N3OS. The number of aryl methyl sites for hydroxylation is 1. The van der Waals surface area contributed by atoms with Crippen molar-refractivity contribution in [1.29, 1.82) is 0 Å². The van der Waals surface area contributed by atoms with Crippen molar-refractivity contribution in [3.63, 3.8) is 0 Å². The molecule has 5 heteroatoms. The Morgan fingerprint density at radius 2 is 2.19 bits per heavy atom. The zero-order valence-electron chi connectivity index (χ0n) is 12.6. The minimum absolute atomic E-state index is 0.147. The molecule has 0 spiro atoms. The molecule has 21 heavy (non-hydrogen) atoms. The minimum atomic E-state index is 0.147. The maximum absolute atomic E-state index is 8.78. The number of thiophene rings is 1. The fraction of sp³-hybridized carbons (Fsp3) is 0.312. The average molecular weight is 303 g/mol. The molecule has 0 aliphatic heterocycles. The third-order valence-corrected chi connectivity index (χ3v) is 4.64. The molecular weight excluding hydrogens is 282 g/mol. The Morgan fingerprint density at radius 1 is 1.43 bits per heavy atom. The predicted octanol–water partition coefficient (Wildman–Crippen LogP) is 3.22. The van der Waals surface area contributed by atoms with Gasteiger partial charge in [0.15, 0.2) is 5.84 Å². The molecule has 2 aromatic rings. The van der Waals surface area contributed by atoms with E-state index in [9.17, 15) is 0 Å². The van der Waals surface area contributed by atoms with Gasteiger partial charge in [-0.1, -0.05) is 11.2 Å². The topological polar surface area (TPSA) is 61.8 Å². The van der Waals surface area contributed by atoms with Crippen LogP contribution in [0.2, 0.25) is 0 Å². The highest BCUT2D eigenvalue weighted by Crippen LogP contribution is 2.22. The van der Waals surface area contributed by atoms with Gasteiger partial charge in [0, 0.05) is 35.6 Å². The predicted molar refractivity (Wildman–Crippen MR) is 89.6 cm³/mol. The van der Waals surface area contributed by atoms with Crippen molar-refractivity contribution < 1.29 is 5.21 Å². The van der Waals surface area contributed by atoms with E-state index in [1.165, 1.54) is 4.88 Å². The van der Waals surface area contributed by atoms with Crippen molar-refractivity contribution in [2.45, 2.75) is 26.3 Å². The number of nitrogens with two attached hydrogens (primary N) is 1. The maximum atomic E-state index is 8.78. The number of anilines is 1. The van der Waals surface area contributed by atoms with Gasteiger partial charge in [-0.05, 0) is 49.1 Å². The van der Waals surface area contributed by atoms with Crippen LogP contribution in [0.5, 0.6) is 0 Å². The van der Waals surface area contributed by atoms with E-state index in [4.69, 9.17) is 10.9 Å². The Balaban J connectivity index is 2.15. The van der Waals surface area contributed by atoms with Crippen LogP contribution in [0.1, 0.15) is 22.9 Å². The second kappa shape index (κ2) is 6.63. The van der Waals surface area contributed by atoms with Crippen LogP contribution in [0, 0.1) is 6.92 Å². The summed E-state index contributed by atoms with van der Waals surface area (Å²) in [4.78, 5) is 3.64. The van der Waals surface area contributed by atoms with Gasteiger partial charge in [-0.2, -0.15) is 0 Å². The molecule has 1 atom stereocenters. The Hall–Kier alpha value is -2.01. The number of nitrogens with zero attached hydrogens (tertiary/aromatic N) is 2. The summed E-state index contributed by atoms with van der Waals surface area (Å²) in [7, 11) is 2.09. The largest absolute Gasteiger partial charge is 0.409 e.